The van der Waals surface area contributed by atoms with E-state index in [1.54, 1.807) is 11.1 Å². The van der Waals surface area contributed by atoms with Crippen LogP contribution in [0.4, 0.5) is 0 Å². The van der Waals surface area contributed by atoms with Crippen LogP contribution in [-0.2, 0) is 0 Å². The molecule has 0 amide bonds. The second-order valence-corrected chi connectivity index (χ2v) is 5.16. The summed E-state index contributed by atoms with van der Waals surface area (Å²) in [5.74, 6) is 0. The Hall–Kier alpha value is -1.04. The minimum atomic E-state index is 0.237. The van der Waals surface area contributed by atoms with Crippen LogP contribution in [0.2, 0.25) is 0 Å². The van der Waals surface area contributed by atoms with Crippen molar-refractivity contribution in [2.75, 3.05) is 0 Å². The molecule has 0 spiro atoms. The minimum Gasteiger partial charge on any atom is -0.0802 e. The highest BCUT2D eigenvalue weighted by Gasteiger charge is 2.31. The second-order valence-electron chi connectivity index (χ2n) is 5.16. The zero-order valence-electron chi connectivity index (χ0n) is 10.2. The van der Waals surface area contributed by atoms with Crippen molar-refractivity contribution in [2.45, 2.75) is 40.5 Å². The fraction of sp³-hybridized carbons (Fsp3) is 0.467. The Balaban J connectivity index is 2.37. The molecule has 0 heteroatoms. The molecule has 2 rings (SSSR count). The van der Waals surface area contributed by atoms with E-state index >= 15 is 0 Å². The largest absolute Gasteiger partial charge is 0.0802 e. The van der Waals surface area contributed by atoms with Crippen molar-refractivity contribution in [2.24, 2.45) is 5.41 Å². The summed E-state index contributed by atoms with van der Waals surface area (Å²) < 4.78 is 0. The van der Waals surface area contributed by atoms with Crippen LogP contribution in [0, 0.1) is 5.41 Å². The number of hydrogen-bond acceptors (Lipinski definition) is 0. The molecule has 0 aromatic heterocycles. The predicted molar refractivity (Wildman–Crippen MR) is 66.7 cm³/mol. The summed E-state index contributed by atoms with van der Waals surface area (Å²) in [4.78, 5) is 0. The third-order valence-electron chi connectivity index (χ3n) is 3.84. The third kappa shape index (κ3) is 1.62. The summed E-state index contributed by atoms with van der Waals surface area (Å²) in [6.45, 7) is 9.20. The molecule has 2 aliphatic carbocycles. The molecule has 0 nitrogen and oxygen atoms in total. The van der Waals surface area contributed by atoms with E-state index in [2.05, 4.69) is 52.0 Å². The maximum absolute atomic E-state index is 2.37. The van der Waals surface area contributed by atoms with Gasteiger partial charge in [0, 0.05) is 5.41 Å². The van der Waals surface area contributed by atoms with Gasteiger partial charge in [0.1, 0.15) is 0 Å². The molecule has 0 aromatic rings. The van der Waals surface area contributed by atoms with Gasteiger partial charge in [-0.2, -0.15) is 0 Å². The Kier molecular flexibility index (Phi) is 2.46. The minimum absolute atomic E-state index is 0.237. The number of rotatable bonds is 2. The van der Waals surface area contributed by atoms with Crippen molar-refractivity contribution >= 4 is 0 Å². The van der Waals surface area contributed by atoms with Gasteiger partial charge >= 0.3 is 0 Å². The highest BCUT2D eigenvalue weighted by molar-refractivity contribution is 5.46. The first kappa shape index (κ1) is 10.5. The molecule has 0 unspecified atom stereocenters. The molecule has 80 valence electrons. The van der Waals surface area contributed by atoms with Crippen molar-refractivity contribution in [3.63, 3.8) is 0 Å². The van der Waals surface area contributed by atoms with Gasteiger partial charge in [0.25, 0.3) is 0 Å². The van der Waals surface area contributed by atoms with Gasteiger partial charge in [0.05, 0.1) is 0 Å². The predicted octanol–water partition coefficient (Wildman–Crippen LogP) is 4.57. The summed E-state index contributed by atoms with van der Waals surface area (Å²) in [7, 11) is 0. The Bertz CT molecular complexity index is 360. The summed E-state index contributed by atoms with van der Waals surface area (Å²) in [6, 6.07) is 0. The lowest BCUT2D eigenvalue weighted by molar-refractivity contribution is 0.515. The van der Waals surface area contributed by atoms with Crippen LogP contribution in [0.25, 0.3) is 0 Å². The highest BCUT2D eigenvalue weighted by Crippen LogP contribution is 2.45. The summed E-state index contributed by atoms with van der Waals surface area (Å²) in [6.07, 6.45) is 11.4. The summed E-state index contributed by atoms with van der Waals surface area (Å²) in [5.41, 5.74) is 6.36. The maximum Gasteiger partial charge on any atom is 0.00816 e. The number of allylic oxidation sites excluding steroid dienone is 8. The van der Waals surface area contributed by atoms with Gasteiger partial charge in [-0.3, -0.25) is 0 Å². The van der Waals surface area contributed by atoms with Gasteiger partial charge in [-0.15, -0.1) is 0 Å². The van der Waals surface area contributed by atoms with E-state index in [-0.39, 0.29) is 5.41 Å². The van der Waals surface area contributed by atoms with Crippen molar-refractivity contribution in [3.8, 4) is 0 Å². The fourth-order valence-corrected chi connectivity index (χ4v) is 2.91. The van der Waals surface area contributed by atoms with E-state index in [0.29, 0.717) is 0 Å². The second kappa shape index (κ2) is 3.52. The standard InChI is InChI=1S/C15H20/c1-11-7-5-9-13(11)15(3,4)14-10-6-8-12(14)2/h5-8H,9-10H2,1-4H3. The molecule has 0 aromatic carbocycles. The average molecular weight is 200 g/mol. The first-order valence-electron chi connectivity index (χ1n) is 5.77. The molecule has 2 aliphatic rings. The van der Waals surface area contributed by atoms with Crippen LogP contribution in [0.15, 0.2) is 46.6 Å². The first-order valence-corrected chi connectivity index (χ1v) is 5.77. The van der Waals surface area contributed by atoms with Crippen molar-refractivity contribution < 1.29 is 0 Å². The molecular formula is C15H20. The Morgan fingerprint density at radius 1 is 0.867 bits per heavy atom. The molecule has 0 fully saturated rings. The zero-order valence-corrected chi connectivity index (χ0v) is 10.2. The van der Waals surface area contributed by atoms with Gasteiger partial charge in [-0.05, 0) is 26.7 Å². The maximum atomic E-state index is 2.37. The first-order chi connectivity index (χ1) is 7.03. The van der Waals surface area contributed by atoms with Crippen LogP contribution in [0.1, 0.15) is 40.5 Å². The van der Waals surface area contributed by atoms with Crippen LogP contribution in [0.5, 0.6) is 0 Å². The lowest BCUT2D eigenvalue weighted by atomic mass is 9.74. The third-order valence-corrected chi connectivity index (χ3v) is 3.84. The van der Waals surface area contributed by atoms with Crippen molar-refractivity contribution in [3.05, 3.63) is 46.6 Å². The quantitative estimate of drug-likeness (QED) is 0.612. The van der Waals surface area contributed by atoms with Crippen LogP contribution >= 0.6 is 0 Å². The number of hydrogen-bond donors (Lipinski definition) is 0. The van der Waals surface area contributed by atoms with Gasteiger partial charge in [-0.25, -0.2) is 0 Å². The Morgan fingerprint density at radius 2 is 1.27 bits per heavy atom. The summed E-state index contributed by atoms with van der Waals surface area (Å²) >= 11 is 0. The van der Waals surface area contributed by atoms with E-state index < -0.39 is 0 Å². The highest BCUT2D eigenvalue weighted by atomic mass is 14.3. The molecule has 0 saturated heterocycles. The smallest absolute Gasteiger partial charge is 0.00816 e. The zero-order chi connectivity index (χ0) is 11.1. The van der Waals surface area contributed by atoms with Gasteiger partial charge in [-0.1, -0.05) is 60.4 Å². The molecule has 0 radical (unpaired) electrons. The van der Waals surface area contributed by atoms with E-state index in [1.165, 1.54) is 11.1 Å². The van der Waals surface area contributed by atoms with E-state index in [0.717, 1.165) is 12.8 Å². The van der Waals surface area contributed by atoms with Crippen molar-refractivity contribution in [1.82, 2.24) is 0 Å². The van der Waals surface area contributed by atoms with E-state index in [1.807, 2.05) is 0 Å². The molecule has 0 aliphatic heterocycles. The molecule has 0 atom stereocenters. The Morgan fingerprint density at radius 3 is 1.53 bits per heavy atom. The van der Waals surface area contributed by atoms with E-state index in [4.69, 9.17) is 0 Å². The lowest BCUT2D eigenvalue weighted by Gasteiger charge is -2.30. The molecule has 0 bridgehead atoms. The van der Waals surface area contributed by atoms with E-state index in [9.17, 15) is 0 Å². The lowest BCUT2D eigenvalue weighted by Crippen LogP contribution is -2.18. The van der Waals surface area contributed by atoms with Gasteiger partial charge < -0.3 is 0 Å². The normalized spacial score (nSPS) is 21.1. The van der Waals surface area contributed by atoms with Gasteiger partial charge in [0.2, 0.25) is 0 Å². The van der Waals surface area contributed by atoms with Crippen LogP contribution < -0.4 is 0 Å². The van der Waals surface area contributed by atoms with Crippen molar-refractivity contribution in [1.29, 1.82) is 0 Å². The molecule has 15 heavy (non-hydrogen) atoms. The topological polar surface area (TPSA) is 0 Å². The molecule has 0 heterocycles. The molecule has 0 saturated carbocycles. The molecular weight excluding hydrogens is 180 g/mol. The average Bonchev–Trinajstić information content (AvgIpc) is 2.73. The Labute approximate surface area is 93.1 Å². The summed E-state index contributed by atoms with van der Waals surface area (Å²) in [5, 5.41) is 0. The molecule has 0 N–H and O–H groups in total. The van der Waals surface area contributed by atoms with Crippen LogP contribution in [0.3, 0.4) is 0 Å². The fourth-order valence-electron chi connectivity index (χ4n) is 2.91. The SMILES string of the molecule is CC1=C(C(C)(C)C2=C(C)C=CC2)CC=C1. The van der Waals surface area contributed by atoms with Crippen LogP contribution in [-0.4, -0.2) is 0 Å². The monoisotopic (exact) mass is 200 g/mol. The van der Waals surface area contributed by atoms with Gasteiger partial charge in [0.15, 0.2) is 0 Å².